The molecule has 0 fully saturated rings. The first-order valence-electron chi connectivity index (χ1n) is 5.41. The van der Waals surface area contributed by atoms with E-state index in [2.05, 4.69) is 17.2 Å². The van der Waals surface area contributed by atoms with Gasteiger partial charge in [-0.2, -0.15) is 0 Å². The third-order valence-corrected chi connectivity index (χ3v) is 2.79. The molecule has 0 amide bonds. The zero-order valence-electron chi connectivity index (χ0n) is 9.60. The minimum absolute atomic E-state index is 0.250. The normalized spacial score (nSPS) is 12.6. The third kappa shape index (κ3) is 2.31. The average Bonchev–Trinajstić information content (AvgIpc) is 2.80. The molecular weight excluding hydrogens is 200 g/mol. The lowest BCUT2D eigenvalue weighted by Gasteiger charge is -2.16. The van der Waals surface area contributed by atoms with Crippen LogP contribution in [-0.2, 0) is 6.42 Å². The van der Waals surface area contributed by atoms with E-state index in [4.69, 9.17) is 4.42 Å². The predicted molar refractivity (Wildman–Crippen MR) is 63.2 cm³/mol. The fraction of sp³-hybridized carbons (Fsp3) is 0.308. The topological polar surface area (TPSA) is 38.1 Å². The quantitative estimate of drug-likeness (QED) is 0.853. The maximum Gasteiger partial charge on any atom is 0.105 e. The molecular formula is C13H16N2O. The van der Waals surface area contributed by atoms with E-state index in [0.29, 0.717) is 0 Å². The van der Waals surface area contributed by atoms with Gasteiger partial charge in [-0.15, -0.1) is 0 Å². The second-order valence-corrected chi connectivity index (χ2v) is 3.86. The number of likely N-dealkylation sites (N-methyl/N-ethyl adjacent to an activating group) is 1. The number of rotatable bonds is 4. The zero-order chi connectivity index (χ0) is 11.4. The van der Waals surface area contributed by atoms with Crippen LogP contribution in [-0.4, -0.2) is 12.0 Å². The van der Waals surface area contributed by atoms with Gasteiger partial charge in [-0.25, -0.2) is 0 Å². The van der Waals surface area contributed by atoms with Crippen LogP contribution < -0.4 is 5.32 Å². The molecule has 2 aromatic rings. The van der Waals surface area contributed by atoms with Crippen LogP contribution in [0, 0.1) is 6.92 Å². The van der Waals surface area contributed by atoms with Crippen LogP contribution in [0.2, 0.25) is 0 Å². The minimum atomic E-state index is 0.250. The molecule has 1 atom stereocenters. The number of aryl methyl sites for hydroxylation is 1. The highest BCUT2D eigenvalue weighted by Crippen LogP contribution is 2.20. The Hall–Kier alpha value is -1.61. The van der Waals surface area contributed by atoms with Gasteiger partial charge in [0.25, 0.3) is 0 Å². The Kier molecular flexibility index (Phi) is 3.37. The monoisotopic (exact) mass is 216 g/mol. The van der Waals surface area contributed by atoms with Crippen LogP contribution in [0.5, 0.6) is 0 Å². The number of hydrogen-bond acceptors (Lipinski definition) is 3. The second kappa shape index (κ2) is 4.94. The molecule has 3 heteroatoms. The summed E-state index contributed by atoms with van der Waals surface area (Å²) >= 11 is 0. The first-order valence-corrected chi connectivity index (χ1v) is 5.41. The van der Waals surface area contributed by atoms with E-state index in [1.165, 1.54) is 11.1 Å². The summed E-state index contributed by atoms with van der Waals surface area (Å²) in [6, 6.07) is 6.19. The van der Waals surface area contributed by atoms with Crippen LogP contribution in [0.3, 0.4) is 0 Å². The van der Waals surface area contributed by atoms with Gasteiger partial charge in [0.2, 0.25) is 0 Å². The van der Waals surface area contributed by atoms with Gasteiger partial charge in [-0.05, 0) is 43.3 Å². The lowest BCUT2D eigenvalue weighted by molar-refractivity contribution is 0.464. The molecule has 2 aromatic heterocycles. The van der Waals surface area contributed by atoms with E-state index in [1.54, 1.807) is 6.26 Å². The van der Waals surface area contributed by atoms with E-state index >= 15 is 0 Å². The van der Waals surface area contributed by atoms with E-state index in [9.17, 15) is 0 Å². The van der Waals surface area contributed by atoms with E-state index in [1.807, 2.05) is 37.6 Å². The molecule has 0 aromatic carbocycles. The smallest absolute Gasteiger partial charge is 0.105 e. The second-order valence-electron chi connectivity index (χ2n) is 3.86. The van der Waals surface area contributed by atoms with Gasteiger partial charge in [0.15, 0.2) is 0 Å². The average molecular weight is 216 g/mol. The highest BCUT2D eigenvalue weighted by atomic mass is 16.3. The van der Waals surface area contributed by atoms with Crippen molar-refractivity contribution in [1.82, 2.24) is 10.3 Å². The van der Waals surface area contributed by atoms with Crippen LogP contribution in [0.15, 0.2) is 41.3 Å². The minimum Gasteiger partial charge on any atom is -0.469 e. The molecule has 1 unspecified atom stereocenters. The SMILES string of the molecule is CNC(Cc1ccco1)c1cnccc1C. The summed E-state index contributed by atoms with van der Waals surface area (Å²) < 4.78 is 5.37. The summed E-state index contributed by atoms with van der Waals surface area (Å²) in [6.45, 7) is 2.10. The largest absolute Gasteiger partial charge is 0.469 e. The number of hydrogen-bond donors (Lipinski definition) is 1. The molecule has 0 aliphatic carbocycles. The van der Waals surface area contributed by atoms with Crippen molar-refractivity contribution >= 4 is 0 Å². The first-order chi connectivity index (χ1) is 7.81. The lowest BCUT2D eigenvalue weighted by Crippen LogP contribution is -2.19. The molecule has 0 aliphatic rings. The van der Waals surface area contributed by atoms with Gasteiger partial charge >= 0.3 is 0 Å². The van der Waals surface area contributed by atoms with Crippen molar-refractivity contribution in [3.8, 4) is 0 Å². The number of aromatic nitrogens is 1. The van der Waals surface area contributed by atoms with Gasteiger partial charge in [0.05, 0.1) is 6.26 Å². The number of pyridine rings is 1. The standard InChI is InChI=1S/C13H16N2O/c1-10-5-6-15-9-12(10)13(14-2)8-11-4-3-7-16-11/h3-7,9,13-14H,8H2,1-2H3. The van der Waals surface area contributed by atoms with Crippen LogP contribution >= 0.6 is 0 Å². The summed E-state index contributed by atoms with van der Waals surface area (Å²) in [5.41, 5.74) is 2.47. The van der Waals surface area contributed by atoms with Crippen molar-refractivity contribution in [3.63, 3.8) is 0 Å². The first kappa shape index (κ1) is 10.9. The summed E-state index contributed by atoms with van der Waals surface area (Å²) in [5, 5.41) is 3.30. The van der Waals surface area contributed by atoms with Gasteiger partial charge in [0, 0.05) is 24.9 Å². The fourth-order valence-electron chi connectivity index (χ4n) is 1.84. The van der Waals surface area contributed by atoms with E-state index in [0.717, 1.165) is 12.2 Å². The van der Waals surface area contributed by atoms with Crippen molar-refractivity contribution in [2.24, 2.45) is 0 Å². The van der Waals surface area contributed by atoms with Gasteiger partial charge < -0.3 is 9.73 Å². The summed E-state index contributed by atoms with van der Waals surface area (Å²) in [6.07, 6.45) is 6.28. The highest BCUT2D eigenvalue weighted by molar-refractivity contribution is 5.26. The lowest BCUT2D eigenvalue weighted by atomic mass is 10.0. The summed E-state index contributed by atoms with van der Waals surface area (Å²) in [4.78, 5) is 4.17. The molecule has 0 spiro atoms. The Bertz CT molecular complexity index is 437. The van der Waals surface area contributed by atoms with Crippen molar-refractivity contribution in [2.45, 2.75) is 19.4 Å². The van der Waals surface area contributed by atoms with E-state index < -0.39 is 0 Å². The molecule has 1 N–H and O–H groups in total. The van der Waals surface area contributed by atoms with Gasteiger partial charge in [0.1, 0.15) is 5.76 Å². The van der Waals surface area contributed by atoms with Crippen molar-refractivity contribution < 1.29 is 4.42 Å². The Morgan fingerprint density at radius 2 is 2.31 bits per heavy atom. The van der Waals surface area contributed by atoms with Gasteiger partial charge in [-0.3, -0.25) is 4.98 Å². The van der Waals surface area contributed by atoms with Crippen LogP contribution in [0.1, 0.15) is 22.9 Å². The number of nitrogens with one attached hydrogen (secondary N) is 1. The molecule has 84 valence electrons. The zero-order valence-corrected chi connectivity index (χ0v) is 9.60. The molecule has 2 heterocycles. The van der Waals surface area contributed by atoms with Crippen LogP contribution in [0.4, 0.5) is 0 Å². The van der Waals surface area contributed by atoms with Crippen molar-refractivity contribution in [1.29, 1.82) is 0 Å². The van der Waals surface area contributed by atoms with Crippen molar-refractivity contribution in [3.05, 3.63) is 53.7 Å². The number of furan rings is 1. The molecule has 3 nitrogen and oxygen atoms in total. The molecule has 0 radical (unpaired) electrons. The van der Waals surface area contributed by atoms with Gasteiger partial charge in [-0.1, -0.05) is 0 Å². The molecule has 0 aliphatic heterocycles. The maximum absolute atomic E-state index is 5.37. The molecule has 2 rings (SSSR count). The Balaban J connectivity index is 2.20. The Morgan fingerprint density at radius 1 is 1.44 bits per heavy atom. The number of nitrogens with zero attached hydrogens (tertiary/aromatic N) is 1. The predicted octanol–water partition coefficient (Wildman–Crippen LogP) is 2.49. The Labute approximate surface area is 95.5 Å². The summed E-state index contributed by atoms with van der Waals surface area (Å²) in [5.74, 6) is 0.989. The molecule has 16 heavy (non-hydrogen) atoms. The highest BCUT2D eigenvalue weighted by Gasteiger charge is 2.13. The van der Waals surface area contributed by atoms with Crippen LogP contribution in [0.25, 0.3) is 0 Å². The van der Waals surface area contributed by atoms with Crippen molar-refractivity contribution in [2.75, 3.05) is 7.05 Å². The maximum atomic E-state index is 5.37. The summed E-state index contributed by atoms with van der Waals surface area (Å²) in [7, 11) is 1.96. The molecule has 0 saturated carbocycles. The fourth-order valence-corrected chi connectivity index (χ4v) is 1.84. The molecule has 0 saturated heterocycles. The molecule has 0 bridgehead atoms. The van der Waals surface area contributed by atoms with E-state index in [-0.39, 0.29) is 6.04 Å². The Morgan fingerprint density at radius 3 is 2.94 bits per heavy atom. The third-order valence-electron chi connectivity index (χ3n) is 2.79.